The molecule has 1 fully saturated rings. The van der Waals surface area contributed by atoms with Gasteiger partial charge in [-0.3, -0.25) is 4.79 Å². The lowest BCUT2D eigenvalue weighted by molar-refractivity contribution is 0.0729. The van der Waals surface area contributed by atoms with Gasteiger partial charge in [-0.1, -0.05) is 11.6 Å². The average molecular weight is 241 g/mol. The number of rotatable bonds is 1. The summed E-state index contributed by atoms with van der Waals surface area (Å²) in [6.45, 7) is 4.75. The normalized spacial score (nSPS) is 16.2. The quantitative estimate of drug-likeness (QED) is 0.776. The smallest absolute Gasteiger partial charge is 0.274 e. The highest BCUT2D eigenvalue weighted by Crippen LogP contribution is 2.14. The number of nitrogens with one attached hydrogen (secondary N) is 1. The van der Waals surface area contributed by atoms with Crippen molar-refractivity contribution in [2.75, 3.05) is 26.2 Å². The van der Waals surface area contributed by atoms with Crippen LogP contribution in [0.25, 0.3) is 0 Å². The second kappa shape index (κ2) is 4.76. The number of hydrogen-bond donors (Lipinski definition) is 1. The van der Waals surface area contributed by atoms with Crippen LogP contribution in [0.5, 0.6) is 0 Å². The Hall–Kier alpha value is -1.20. The minimum Gasteiger partial charge on any atom is -0.335 e. The fraction of sp³-hybridized carbons (Fsp3) is 0.500. The van der Waals surface area contributed by atoms with Gasteiger partial charge in [0, 0.05) is 26.2 Å². The molecule has 1 aliphatic rings. The molecule has 0 saturated carbocycles. The first-order chi connectivity index (χ1) is 7.68. The van der Waals surface area contributed by atoms with Gasteiger partial charge in [0.2, 0.25) is 0 Å². The number of aromatic nitrogens is 2. The Morgan fingerprint density at radius 3 is 2.88 bits per heavy atom. The van der Waals surface area contributed by atoms with Crippen molar-refractivity contribution in [3.63, 3.8) is 0 Å². The van der Waals surface area contributed by atoms with Crippen molar-refractivity contribution in [1.82, 2.24) is 20.2 Å². The first-order valence-corrected chi connectivity index (χ1v) is 5.55. The highest BCUT2D eigenvalue weighted by Gasteiger charge is 2.21. The first-order valence-electron chi connectivity index (χ1n) is 5.17. The summed E-state index contributed by atoms with van der Waals surface area (Å²) in [4.78, 5) is 21.9. The van der Waals surface area contributed by atoms with Gasteiger partial charge in [-0.15, -0.1) is 0 Å². The molecule has 16 heavy (non-hydrogen) atoms. The molecule has 1 saturated heterocycles. The molecule has 0 unspecified atom stereocenters. The predicted octanol–water partition coefficient (Wildman–Crippen LogP) is 0.484. The third-order valence-electron chi connectivity index (χ3n) is 2.47. The molecule has 1 N–H and O–H groups in total. The van der Waals surface area contributed by atoms with Crippen molar-refractivity contribution in [2.24, 2.45) is 0 Å². The molecule has 0 spiro atoms. The van der Waals surface area contributed by atoms with Crippen LogP contribution in [0.2, 0.25) is 5.02 Å². The molecule has 1 aromatic heterocycles. The second-order valence-electron chi connectivity index (χ2n) is 3.66. The number of aryl methyl sites for hydroxylation is 1. The third-order valence-corrected chi connectivity index (χ3v) is 2.75. The Morgan fingerprint density at radius 2 is 2.19 bits per heavy atom. The summed E-state index contributed by atoms with van der Waals surface area (Å²) in [6.07, 6.45) is 1.47. The highest BCUT2D eigenvalue weighted by molar-refractivity contribution is 6.33. The molecule has 0 atom stereocenters. The minimum atomic E-state index is -0.114. The van der Waals surface area contributed by atoms with Crippen LogP contribution in [-0.2, 0) is 0 Å². The molecule has 1 aromatic rings. The van der Waals surface area contributed by atoms with Gasteiger partial charge in [-0.05, 0) is 6.92 Å². The molecule has 2 rings (SSSR count). The largest absolute Gasteiger partial charge is 0.335 e. The van der Waals surface area contributed by atoms with Crippen molar-refractivity contribution < 1.29 is 4.79 Å². The molecule has 1 amide bonds. The van der Waals surface area contributed by atoms with Crippen LogP contribution in [0.15, 0.2) is 6.20 Å². The van der Waals surface area contributed by atoms with Crippen LogP contribution in [0.3, 0.4) is 0 Å². The number of carbonyl (C=O) groups excluding carboxylic acids is 1. The lowest BCUT2D eigenvalue weighted by Crippen LogP contribution is -2.46. The number of piperazine rings is 1. The topological polar surface area (TPSA) is 58.1 Å². The van der Waals surface area contributed by atoms with E-state index in [-0.39, 0.29) is 5.91 Å². The van der Waals surface area contributed by atoms with Crippen molar-refractivity contribution in [3.8, 4) is 0 Å². The predicted molar refractivity (Wildman–Crippen MR) is 60.6 cm³/mol. The fourth-order valence-corrected chi connectivity index (χ4v) is 1.79. The second-order valence-corrected chi connectivity index (χ2v) is 4.06. The van der Waals surface area contributed by atoms with E-state index >= 15 is 0 Å². The third kappa shape index (κ3) is 2.31. The maximum absolute atomic E-state index is 12.1. The first kappa shape index (κ1) is 11.3. The van der Waals surface area contributed by atoms with Gasteiger partial charge in [0.05, 0.1) is 11.2 Å². The van der Waals surface area contributed by atoms with Gasteiger partial charge in [0.15, 0.2) is 5.69 Å². The van der Waals surface area contributed by atoms with E-state index in [1.807, 2.05) is 0 Å². The van der Waals surface area contributed by atoms with Crippen molar-refractivity contribution in [3.05, 3.63) is 22.7 Å². The Bertz CT molecular complexity index is 404. The van der Waals surface area contributed by atoms with E-state index in [4.69, 9.17) is 11.6 Å². The summed E-state index contributed by atoms with van der Waals surface area (Å²) < 4.78 is 0. The molecule has 5 nitrogen and oxygen atoms in total. The molecular formula is C10H13ClN4O. The number of carbonyl (C=O) groups is 1. The fourth-order valence-electron chi connectivity index (χ4n) is 1.62. The van der Waals surface area contributed by atoms with Gasteiger partial charge in [-0.2, -0.15) is 0 Å². The van der Waals surface area contributed by atoms with Crippen molar-refractivity contribution in [2.45, 2.75) is 6.92 Å². The van der Waals surface area contributed by atoms with Crippen LogP contribution in [-0.4, -0.2) is 47.0 Å². The van der Waals surface area contributed by atoms with Gasteiger partial charge in [0.1, 0.15) is 5.82 Å². The lowest BCUT2D eigenvalue weighted by Gasteiger charge is -2.27. The standard InChI is InChI=1S/C10H13ClN4O/c1-7-13-6-8(11)9(14-7)10(16)15-4-2-12-3-5-15/h6,12H,2-5H2,1H3. The molecule has 86 valence electrons. The molecule has 1 aliphatic heterocycles. The maximum Gasteiger partial charge on any atom is 0.274 e. The number of amides is 1. The number of nitrogens with zero attached hydrogens (tertiary/aromatic N) is 3. The zero-order valence-corrected chi connectivity index (χ0v) is 9.79. The average Bonchev–Trinajstić information content (AvgIpc) is 2.32. The molecule has 0 bridgehead atoms. The Labute approximate surface area is 98.8 Å². The van der Waals surface area contributed by atoms with Gasteiger partial charge >= 0.3 is 0 Å². The maximum atomic E-state index is 12.1. The summed E-state index contributed by atoms with van der Waals surface area (Å²) in [5, 5.41) is 3.50. The van der Waals surface area contributed by atoms with E-state index in [0.29, 0.717) is 29.6 Å². The van der Waals surface area contributed by atoms with Crippen LogP contribution in [0, 0.1) is 6.92 Å². The zero-order valence-electron chi connectivity index (χ0n) is 9.03. The minimum absolute atomic E-state index is 0.114. The lowest BCUT2D eigenvalue weighted by atomic mass is 10.3. The molecule has 0 aliphatic carbocycles. The number of halogens is 1. The summed E-state index contributed by atoms with van der Waals surface area (Å²) in [6, 6.07) is 0. The summed E-state index contributed by atoms with van der Waals surface area (Å²) >= 11 is 5.92. The van der Waals surface area contributed by atoms with E-state index in [9.17, 15) is 4.79 Å². The molecule has 6 heteroatoms. The molecule has 0 radical (unpaired) electrons. The molecule has 0 aromatic carbocycles. The highest BCUT2D eigenvalue weighted by atomic mass is 35.5. The monoisotopic (exact) mass is 240 g/mol. The summed E-state index contributed by atoms with van der Waals surface area (Å²) in [5.41, 5.74) is 0.302. The van der Waals surface area contributed by atoms with E-state index in [0.717, 1.165) is 13.1 Å². The summed E-state index contributed by atoms with van der Waals surface area (Å²) in [5.74, 6) is 0.444. The summed E-state index contributed by atoms with van der Waals surface area (Å²) in [7, 11) is 0. The van der Waals surface area contributed by atoms with Gasteiger partial charge < -0.3 is 10.2 Å². The van der Waals surface area contributed by atoms with Crippen molar-refractivity contribution in [1.29, 1.82) is 0 Å². The molecular weight excluding hydrogens is 228 g/mol. The van der Waals surface area contributed by atoms with Crippen LogP contribution < -0.4 is 5.32 Å². The zero-order chi connectivity index (χ0) is 11.5. The number of hydrogen-bond acceptors (Lipinski definition) is 4. The van der Waals surface area contributed by atoms with Crippen LogP contribution >= 0.6 is 11.6 Å². The SMILES string of the molecule is Cc1ncc(Cl)c(C(=O)N2CCNCC2)n1. The van der Waals surface area contributed by atoms with E-state index in [2.05, 4.69) is 15.3 Å². The Morgan fingerprint density at radius 1 is 1.50 bits per heavy atom. The molecule has 2 heterocycles. The Balaban J connectivity index is 2.22. The van der Waals surface area contributed by atoms with E-state index in [1.54, 1.807) is 11.8 Å². The van der Waals surface area contributed by atoms with Gasteiger partial charge in [0.25, 0.3) is 5.91 Å². The van der Waals surface area contributed by atoms with E-state index in [1.165, 1.54) is 6.20 Å². The Kier molecular flexibility index (Phi) is 3.36. The van der Waals surface area contributed by atoms with Crippen LogP contribution in [0.1, 0.15) is 16.3 Å². The van der Waals surface area contributed by atoms with Gasteiger partial charge in [-0.25, -0.2) is 9.97 Å². The van der Waals surface area contributed by atoms with E-state index < -0.39 is 0 Å². The van der Waals surface area contributed by atoms with Crippen LogP contribution in [0.4, 0.5) is 0 Å². The van der Waals surface area contributed by atoms with Crippen molar-refractivity contribution >= 4 is 17.5 Å².